The standard InChI is InChI=1S/C25H26N2O3S/c1-30-21-9-3-8-20(15-21)23(28)27-12-5-11-25(17-27,24(26)29)16-18-6-2-7-19(14-18)22-10-4-13-31-22/h2-4,6-10,13-15H,5,11-12,16-17H2,1H3,(H2,26,29)/t25-/m0/s1. The summed E-state index contributed by atoms with van der Waals surface area (Å²) in [4.78, 5) is 28.8. The van der Waals surface area contributed by atoms with Crippen LogP contribution in [-0.2, 0) is 11.2 Å². The number of carbonyl (C=O) groups excluding carboxylic acids is 2. The number of ether oxygens (including phenoxy) is 1. The molecule has 2 amide bonds. The van der Waals surface area contributed by atoms with Gasteiger partial charge in [0, 0.05) is 23.5 Å². The summed E-state index contributed by atoms with van der Waals surface area (Å²) in [6, 6.07) is 19.5. The third kappa shape index (κ3) is 4.49. The molecule has 160 valence electrons. The molecule has 0 bridgehead atoms. The van der Waals surface area contributed by atoms with Gasteiger partial charge in [0.25, 0.3) is 5.91 Å². The summed E-state index contributed by atoms with van der Waals surface area (Å²) in [6.45, 7) is 0.932. The number of amides is 2. The van der Waals surface area contributed by atoms with E-state index in [9.17, 15) is 9.59 Å². The quantitative estimate of drug-likeness (QED) is 0.626. The van der Waals surface area contributed by atoms with Gasteiger partial charge < -0.3 is 15.4 Å². The van der Waals surface area contributed by atoms with Gasteiger partial charge in [0.15, 0.2) is 0 Å². The van der Waals surface area contributed by atoms with E-state index in [4.69, 9.17) is 10.5 Å². The van der Waals surface area contributed by atoms with Crippen LogP contribution in [0.1, 0.15) is 28.8 Å². The van der Waals surface area contributed by atoms with Gasteiger partial charge in [-0.05, 0) is 60.0 Å². The molecule has 0 spiro atoms. The van der Waals surface area contributed by atoms with Crippen LogP contribution in [0.4, 0.5) is 0 Å². The van der Waals surface area contributed by atoms with Gasteiger partial charge in [-0.1, -0.05) is 36.4 Å². The second kappa shape index (κ2) is 8.94. The third-order valence-electron chi connectivity index (χ3n) is 5.98. The molecule has 1 aliphatic rings. The van der Waals surface area contributed by atoms with Gasteiger partial charge >= 0.3 is 0 Å². The summed E-state index contributed by atoms with van der Waals surface area (Å²) in [6.07, 6.45) is 1.93. The van der Waals surface area contributed by atoms with E-state index in [-0.39, 0.29) is 11.8 Å². The van der Waals surface area contributed by atoms with Gasteiger partial charge in [-0.15, -0.1) is 11.3 Å². The molecule has 0 unspecified atom stereocenters. The van der Waals surface area contributed by atoms with Gasteiger partial charge in [0.1, 0.15) is 5.75 Å². The molecule has 0 saturated carbocycles. The number of methoxy groups -OCH3 is 1. The van der Waals surface area contributed by atoms with Crippen LogP contribution in [0.15, 0.2) is 66.0 Å². The predicted octanol–water partition coefficient (Wildman–Crippen LogP) is 4.37. The number of carbonyl (C=O) groups is 2. The van der Waals surface area contributed by atoms with Crippen LogP contribution in [0, 0.1) is 5.41 Å². The first-order valence-electron chi connectivity index (χ1n) is 10.4. The predicted molar refractivity (Wildman–Crippen MR) is 123 cm³/mol. The van der Waals surface area contributed by atoms with Crippen molar-refractivity contribution < 1.29 is 14.3 Å². The molecule has 1 saturated heterocycles. The van der Waals surface area contributed by atoms with Crippen molar-refractivity contribution in [3.63, 3.8) is 0 Å². The Hall–Kier alpha value is -3.12. The zero-order chi connectivity index (χ0) is 21.8. The van der Waals surface area contributed by atoms with Crippen molar-refractivity contribution in [1.82, 2.24) is 4.90 Å². The Kier molecular flexibility index (Phi) is 6.09. The maximum atomic E-state index is 13.2. The topological polar surface area (TPSA) is 72.6 Å². The largest absolute Gasteiger partial charge is 0.497 e. The molecule has 2 N–H and O–H groups in total. The highest BCUT2D eigenvalue weighted by Crippen LogP contribution is 2.36. The summed E-state index contributed by atoms with van der Waals surface area (Å²) in [7, 11) is 1.58. The van der Waals surface area contributed by atoms with Crippen molar-refractivity contribution in [2.75, 3.05) is 20.2 Å². The van der Waals surface area contributed by atoms with Crippen LogP contribution in [0.25, 0.3) is 10.4 Å². The number of hydrogen-bond donors (Lipinski definition) is 1. The van der Waals surface area contributed by atoms with E-state index >= 15 is 0 Å². The lowest BCUT2D eigenvalue weighted by Crippen LogP contribution is -2.53. The summed E-state index contributed by atoms with van der Waals surface area (Å²) in [5.41, 5.74) is 7.90. The highest BCUT2D eigenvalue weighted by atomic mass is 32.1. The molecular weight excluding hydrogens is 408 g/mol. The second-order valence-corrected chi connectivity index (χ2v) is 9.01. The van der Waals surface area contributed by atoms with Crippen LogP contribution in [0.2, 0.25) is 0 Å². The molecule has 2 aromatic carbocycles. The lowest BCUT2D eigenvalue weighted by molar-refractivity contribution is -0.130. The van der Waals surface area contributed by atoms with Crippen molar-refractivity contribution in [2.24, 2.45) is 11.1 Å². The van der Waals surface area contributed by atoms with Gasteiger partial charge in [0.05, 0.1) is 12.5 Å². The minimum Gasteiger partial charge on any atom is -0.497 e. The summed E-state index contributed by atoms with van der Waals surface area (Å²) >= 11 is 1.69. The normalized spacial score (nSPS) is 18.5. The first-order chi connectivity index (χ1) is 15.0. The van der Waals surface area contributed by atoms with E-state index in [1.54, 1.807) is 47.6 Å². The maximum Gasteiger partial charge on any atom is 0.254 e. The molecule has 0 radical (unpaired) electrons. The number of hydrogen-bond acceptors (Lipinski definition) is 4. The Morgan fingerprint density at radius 2 is 1.97 bits per heavy atom. The number of likely N-dealkylation sites (tertiary alicyclic amines) is 1. The molecule has 0 aliphatic carbocycles. The molecule has 31 heavy (non-hydrogen) atoms. The molecular formula is C25H26N2O3S. The van der Waals surface area contributed by atoms with E-state index in [0.29, 0.717) is 37.2 Å². The van der Waals surface area contributed by atoms with Crippen LogP contribution in [0.3, 0.4) is 0 Å². The highest BCUT2D eigenvalue weighted by Gasteiger charge is 2.42. The van der Waals surface area contributed by atoms with E-state index < -0.39 is 5.41 Å². The minimum absolute atomic E-state index is 0.100. The third-order valence-corrected chi connectivity index (χ3v) is 6.90. The first-order valence-corrected chi connectivity index (χ1v) is 11.2. The number of benzene rings is 2. The van der Waals surface area contributed by atoms with E-state index in [1.807, 2.05) is 18.2 Å². The van der Waals surface area contributed by atoms with Crippen LogP contribution in [0.5, 0.6) is 5.75 Å². The lowest BCUT2D eigenvalue weighted by Gasteiger charge is -2.41. The number of nitrogens with zero attached hydrogens (tertiary/aromatic N) is 1. The molecule has 3 aromatic rings. The molecule has 1 fully saturated rings. The fraction of sp³-hybridized carbons (Fsp3) is 0.280. The smallest absolute Gasteiger partial charge is 0.254 e. The average Bonchev–Trinajstić information content (AvgIpc) is 3.34. The molecule has 1 aromatic heterocycles. The summed E-state index contributed by atoms with van der Waals surface area (Å²) < 4.78 is 5.25. The Bertz CT molecular complexity index is 1080. The van der Waals surface area contributed by atoms with Crippen molar-refractivity contribution >= 4 is 23.2 Å². The first kappa shape index (κ1) is 21.1. The summed E-state index contributed by atoms with van der Waals surface area (Å²) in [5, 5.41) is 2.05. The molecule has 6 heteroatoms. The fourth-order valence-electron chi connectivity index (χ4n) is 4.34. The van der Waals surface area contributed by atoms with Gasteiger partial charge in [-0.25, -0.2) is 0 Å². The summed E-state index contributed by atoms with van der Waals surface area (Å²) in [5.74, 6) is 0.183. The van der Waals surface area contributed by atoms with Crippen LogP contribution in [-0.4, -0.2) is 36.9 Å². The molecule has 4 rings (SSSR count). The minimum atomic E-state index is -0.777. The Morgan fingerprint density at radius 1 is 1.13 bits per heavy atom. The number of rotatable bonds is 6. The Balaban J connectivity index is 1.58. The van der Waals surface area contributed by atoms with Gasteiger partial charge in [-0.3, -0.25) is 9.59 Å². The van der Waals surface area contributed by atoms with Crippen molar-refractivity contribution in [2.45, 2.75) is 19.3 Å². The van der Waals surface area contributed by atoms with E-state index in [0.717, 1.165) is 17.5 Å². The van der Waals surface area contributed by atoms with Crippen molar-refractivity contribution in [1.29, 1.82) is 0 Å². The highest BCUT2D eigenvalue weighted by molar-refractivity contribution is 7.13. The number of nitrogens with two attached hydrogens (primary N) is 1. The SMILES string of the molecule is COc1cccc(C(=O)N2CCC[C@@](Cc3cccc(-c4cccs4)c3)(C(N)=O)C2)c1. The van der Waals surface area contributed by atoms with Crippen molar-refractivity contribution in [3.8, 4) is 16.2 Å². The number of thiophene rings is 1. The van der Waals surface area contributed by atoms with Crippen molar-refractivity contribution in [3.05, 3.63) is 77.2 Å². The lowest BCUT2D eigenvalue weighted by atomic mass is 9.74. The van der Waals surface area contributed by atoms with Gasteiger partial charge in [-0.2, -0.15) is 0 Å². The Labute approximate surface area is 186 Å². The molecule has 1 aliphatic heterocycles. The second-order valence-electron chi connectivity index (χ2n) is 8.06. The van der Waals surface area contributed by atoms with Crippen LogP contribution >= 0.6 is 11.3 Å². The van der Waals surface area contributed by atoms with E-state index in [1.165, 1.54) is 4.88 Å². The van der Waals surface area contributed by atoms with E-state index in [2.05, 4.69) is 23.6 Å². The van der Waals surface area contributed by atoms with Crippen LogP contribution < -0.4 is 10.5 Å². The molecule has 1 atom stereocenters. The Morgan fingerprint density at radius 3 is 2.71 bits per heavy atom. The monoisotopic (exact) mass is 434 g/mol. The van der Waals surface area contributed by atoms with Gasteiger partial charge in [0.2, 0.25) is 5.91 Å². The number of piperidine rings is 1. The fourth-order valence-corrected chi connectivity index (χ4v) is 5.07. The number of primary amides is 1. The molecule has 2 heterocycles. The molecule has 5 nitrogen and oxygen atoms in total. The zero-order valence-electron chi connectivity index (χ0n) is 17.5. The average molecular weight is 435 g/mol. The zero-order valence-corrected chi connectivity index (χ0v) is 18.4. The maximum absolute atomic E-state index is 13.2.